The van der Waals surface area contributed by atoms with Crippen LogP contribution in [-0.2, 0) is 17.3 Å². The van der Waals surface area contributed by atoms with Crippen LogP contribution in [0.4, 0.5) is 10.1 Å². The van der Waals surface area contributed by atoms with Crippen LogP contribution in [0.25, 0.3) is 44.0 Å². The van der Waals surface area contributed by atoms with E-state index >= 15 is 4.39 Å². The van der Waals surface area contributed by atoms with E-state index in [4.69, 9.17) is 0 Å². The maximum atomic E-state index is 16.5. The molecule has 8 rings (SSSR count). The number of benzene rings is 3. The lowest BCUT2D eigenvalue weighted by molar-refractivity contribution is -0.599. The van der Waals surface area contributed by atoms with Crippen molar-refractivity contribution in [1.29, 1.82) is 0 Å². The molecule has 6 aromatic rings. The average molecular weight is 596 g/mol. The van der Waals surface area contributed by atoms with Crippen molar-refractivity contribution in [3.05, 3.63) is 113 Å². The highest BCUT2D eigenvalue weighted by molar-refractivity contribution is 6.05. The van der Waals surface area contributed by atoms with Crippen LogP contribution in [0, 0.1) is 5.82 Å². The summed E-state index contributed by atoms with van der Waals surface area (Å²) in [5.41, 5.74) is 10.8. The first-order valence-electron chi connectivity index (χ1n) is 16.8. The Morgan fingerprint density at radius 1 is 0.822 bits per heavy atom. The van der Waals surface area contributed by atoms with Crippen LogP contribution in [-0.4, -0.2) is 7.05 Å². The summed E-state index contributed by atoms with van der Waals surface area (Å²) in [6.07, 6.45) is 9.65. The summed E-state index contributed by atoms with van der Waals surface area (Å²) in [4.78, 5) is 0. The quantitative estimate of drug-likeness (QED) is 0.150. The highest BCUT2D eigenvalue weighted by Crippen LogP contribution is 2.56. The Labute approximate surface area is 265 Å². The zero-order valence-electron chi connectivity index (χ0n) is 27.3. The molecule has 0 unspecified atom stereocenters. The number of pyridine rings is 3. The van der Waals surface area contributed by atoms with Crippen LogP contribution in [0.2, 0.25) is 0 Å². The summed E-state index contributed by atoms with van der Waals surface area (Å²) in [6.45, 7) is 11.3. The van der Waals surface area contributed by atoms with Gasteiger partial charge >= 0.3 is 0 Å². The maximum absolute atomic E-state index is 16.5. The molecule has 4 heterocycles. The van der Waals surface area contributed by atoms with Crippen LogP contribution in [0.15, 0.2) is 79.1 Å². The number of nitrogens with one attached hydrogen (secondary N) is 1. The van der Waals surface area contributed by atoms with Gasteiger partial charge in [0, 0.05) is 41.9 Å². The minimum Gasteiger partial charge on any atom is -0.388 e. The SMILES string of the molecule is CCCCc1ccc2c3c4[n+](ccc13)-c1c([n+]3ccccc3c3cc(NC)ccc13)C(CC)(CC)c1ccc(F)c(c1-4)C2(C)C. The van der Waals surface area contributed by atoms with Gasteiger partial charge in [0.15, 0.2) is 12.4 Å². The summed E-state index contributed by atoms with van der Waals surface area (Å²) in [5, 5.41) is 8.37. The van der Waals surface area contributed by atoms with E-state index in [0.717, 1.165) is 54.6 Å². The van der Waals surface area contributed by atoms with Gasteiger partial charge in [-0.3, -0.25) is 0 Å². The summed E-state index contributed by atoms with van der Waals surface area (Å²) >= 11 is 0. The van der Waals surface area contributed by atoms with Gasteiger partial charge in [0.1, 0.15) is 5.82 Å². The number of nitrogens with zero attached hydrogens (tertiary/aromatic N) is 2. The second-order valence-corrected chi connectivity index (χ2v) is 13.6. The molecule has 1 aliphatic heterocycles. The number of aromatic nitrogens is 2. The molecule has 0 saturated carbocycles. The van der Waals surface area contributed by atoms with E-state index < -0.39 is 5.41 Å². The molecule has 1 N–H and O–H groups in total. The lowest BCUT2D eigenvalue weighted by atomic mass is 9.64. The molecule has 0 amide bonds. The predicted molar refractivity (Wildman–Crippen MR) is 183 cm³/mol. The largest absolute Gasteiger partial charge is 0.388 e. The molecule has 0 atom stereocenters. The lowest BCUT2D eigenvalue weighted by Gasteiger charge is -2.37. The Morgan fingerprint density at radius 2 is 1.62 bits per heavy atom. The van der Waals surface area contributed by atoms with Crippen LogP contribution in [0.5, 0.6) is 0 Å². The average Bonchev–Trinajstić information content (AvgIpc) is 3.17. The Morgan fingerprint density at radius 3 is 2.38 bits per heavy atom. The minimum absolute atomic E-state index is 0.115. The highest BCUT2D eigenvalue weighted by Gasteiger charge is 2.54. The van der Waals surface area contributed by atoms with Gasteiger partial charge in [-0.15, -0.1) is 0 Å². The van der Waals surface area contributed by atoms with Gasteiger partial charge in [0.25, 0.3) is 11.4 Å². The summed E-state index contributed by atoms with van der Waals surface area (Å²) in [6, 6.07) is 24.1. The third kappa shape index (κ3) is 3.51. The Kier molecular flexibility index (Phi) is 6.16. The molecule has 3 nitrogen and oxygen atoms in total. The van der Waals surface area contributed by atoms with E-state index in [1.165, 1.54) is 55.1 Å². The lowest BCUT2D eigenvalue weighted by Crippen LogP contribution is -2.45. The fraction of sp³-hybridized carbons (Fsp3) is 0.317. The molecule has 4 heteroatoms. The Hall–Kier alpha value is -4.31. The first-order valence-corrected chi connectivity index (χ1v) is 16.8. The summed E-state index contributed by atoms with van der Waals surface area (Å²) < 4.78 is 21.4. The highest BCUT2D eigenvalue weighted by atomic mass is 19.1. The van der Waals surface area contributed by atoms with E-state index in [1.807, 2.05) is 7.05 Å². The zero-order valence-corrected chi connectivity index (χ0v) is 27.3. The van der Waals surface area contributed by atoms with E-state index in [9.17, 15) is 0 Å². The van der Waals surface area contributed by atoms with Gasteiger partial charge in [0.2, 0.25) is 11.2 Å². The third-order valence-electron chi connectivity index (χ3n) is 11.3. The van der Waals surface area contributed by atoms with Gasteiger partial charge < -0.3 is 5.32 Å². The van der Waals surface area contributed by atoms with Crippen molar-refractivity contribution in [2.45, 2.75) is 77.6 Å². The number of hydrogen-bond donors (Lipinski definition) is 1. The van der Waals surface area contributed by atoms with Crippen LogP contribution in [0.1, 0.15) is 88.2 Å². The maximum Gasteiger partial charge on any atom is 0.288 e. The normalized spacial score (nSPS) is 15.4. The van der Waals surface area contributed by atoms with Gasteiger partial charge in [0.05, 0.1) is 27.1 Å². The van der Waals surface area contributed by atoms with Gasteiger partial charge in [-0.25, -0.2) is 4.39 Å². The summed E-state index contributed by atoms with van der Waals surface area (Å²) in [7, 11) is 1.98. The number of hydrogen-bond acceptors (Lipinski definition) is 1. The van der Waals surface area contributed by atoms with Crippen molar-refractivity contribution in [3.63, 3.8) is 0 Å². The van der Waals surface area contributed by atoms with Crippen molar-refractivity contribution in [2.24, 2.45) is 0 Å². The third-order valence-corrected chi connectivity index (χ3v) is 11.3. The number of aryl methyl sites for hydroxylation is 1. The second kappa shape index (κ2) is 9.84. The minimum atomic E-state index is -0.494. The molecule has 3 aromatic carbocycles. The number of rotatable bonds is 6. The van der Waals surface area contributed by atoms with Crippen molar-refractivity contribution in [3.8, 4) is 16.9 Å². The smallest absolute Gasteiger partial charge is 0.288 e. The Balaban J connectivity index is 1.70. The molecule has 0 bridgehead atoms. The molecule has 45 heavy (non-hydrogen) atoms. The number of fused-ring (bicyclic) bond motifs is 7. The molecule has 1 aliphatic carbocycles. The molecule has 0 spiro atoms. The summed E-state index contributed by atoms with van der Waals surface area (Å²) in [5.74, 6) is -0.115. The Bertz CT molecular complexity index is 2210. The van der Waals surface area contributed by atoms with Crippen LogP contribution < -0.4 is 14.3 Å². The molecule has 3 aromatic heterocycles. The van der Waals surface area contributed by atoms with Crippen LogP contribution >= 0.6 is 0 Å². The number of halogens is 1. The molecular formula is C41H42FN3+2. The van der Waals surface area contributed by atoms with Crippen LogP contribution in [0.3, 0.4) is 0 Å². The van der Waals surface area contributed by atoms with Gasteiger partial charge in [-0.1, -0.05) is 59.2 Å². The van der Waals surface area contributed by atoms with Gasteiger partial charge in [-0.05, 0) is 78.1 Å². The fourth-order valence-electron chi connectivity index (χ4n) is 8.97. The number of anilines is 1. The van der Waals surface area contributed by atoms with E-state index in [0.29, 0.717) is 0 Å². The molecule has 0 saturated heterocycles. The second-order valence-electron chi connectivity index (χ2n) is 13.6. The molecule has 0 radical (unpaired) electrons. The number of unbranched alkanes of at least 4 members (excludes halogenated alkanes) is 1. The van der Waals surface area contributed by atoms with E-state index in [-0.39, 0.29) is 11.2 Å². The van der Waals surface area contributed by atoms with Crippen molar-refractivity contribution >= 4 is 32.7 Å². The predicted octanol–water partition coefficient (Wildman–Crippen LogP) is 9.26. The topological polar surface area (TPSA) is 20.0 Å². The first-order chi connectivity index (χ1) is 21.8. The molecule has 2 aliphatic rings. The standard InChI is InChI=1S/C41H42FN3/c1-7-10-13-25-15-18-30-34-27(25)21-23-45-37-28-17-16-26(43-6)24-29(28)33-14-11-12-22-44(33)39(37)41(8-2,9-3)31-19-20-32(42)36(40(30,4)5)35(31)38(34)45/h11-12,14-24,43H,7-10,13H2,1-6H3/q+2. The van der Waals surface area contributed by atoms with Crippen molar-refractivity contribution < 1.29 is 13.4 Å². The molecule has 0 fully saturated rings. The first kappa shape index (κ1) is 28.2. The zero-order chi connectivity index (χ0) is 31.2. The van der Waals surface area contributed by atoms with Gasteiger partial charge in [-0.2, -0.15) is 8.97 Å². The molecule has 226 valence electrons. The van der Waals surface area contributed by atoms with Crippen molar-refractivity contribution in [2.75, 3.05) is 12.4 Å². The van der Waals surface area contributed by atoms with E-state index in [1.54, 1.807) is 6.07 Å². The fourth-order valence-corrected chi connectivity index (χ4v) is 8.97. The van der Waals surface area contributed by atoms with Crippen molar-refractivity contribution in [1.82, 2.24) is 0 Å². The monoisotopic (exact) mass is 595 g/mol. The van der Waals surface area contributed by atoms with E-state index in [2.05, 4.69) is 122 Å². The molecular weight excluding hydrogens is 553 g/mol.